The fraction of sp³-hybridized carbons (Fsp3) is 0.125. The van der Waals surface area contributed by atoms with Crippen LogP contribution in [-0.4, -0.2) is 40.1 Å². The second-order valence-corrected chi connectivity index (χ2v) is 9.17. The molecule has 8 heteroatoms. The predicted molar refractivity (Wildman–Crippen MR) is 131 cm³/mol. The second kappa shape index (κ2) is 9.50. The SMILES string of the molecule is Cc1cc(Br)ccc1NC(=O)CN(C)C(=O)c1cc(-c2cccs2)nn1-c1ccccc1. The van der Waals surface area contributed by atoms with Crippen LogP contribution >= 0.6 is 27.3 Å². The largest absolute Gasteiger partial charge is 0.331 e. The van der Waals surface area contributed by atoms with Gasteiger partial charge in [-0.15, -0.1) is 11.3 Å². The summed E-state index contributed by atoms with van der Waals surface area (Å²) in [6.45, 7) is 1.84. The zero-order valence-corrected chi connectivity index (χ0v) is 20.0. The van der Waals surface area contributed by atoms with Crippen molar-refractivity contribution in [1.82, 2.24) is 14.7 Å². The van der Waals surface area contributed by atoms with Crippen LogP contribution in [0.5, 0.6) is 0 Å². The Kier molecular flexibility index (Phi) is 6.53. The van der Waals surface area contributed by atoms with Gasteiger partial charge in [-0.05, 0) is 60.3 Å². The van der Waals surface area contributed by atoms with Gasteiger partial charge in [0.25, 0.3) is 5.91 Å². The van der Waals surface area contributed by atoms with Crippen molar-refractivity contribution < 1.29 is 9.59 Å². The normalized spacial score (nSPS) is 10.7. The molecule has 2 aromatic carbocycles. The zero-order chi connectivity index (χ0) is 22.7. The first-order chi connectivity index (χ1) is 15.4. The van der Waals surface area contributed by atoms with Gasteiger partial charge in [0, 0.05) is 17.2 Å². The van der Waals surface area contributed by atoms with Crippen LogP contribution in [0.15, 0.2) is 76.6 Å². The van der Waals surface area contributed by atoms with Crippen LogP contribution in [0.1, 0.15) is 16.1 Å². The van der Waals surface area contributed by atoms with Gasteiger partial charge < -0.3 is 10.2 Å². The predicted octanol–water partition coefficient (Wildman–Crippen LogP) is 5.38. The molecule has 0 spiro atoms. The molecule has 4 rings (SSSR count). The molecule has 2 heterocycles. The summed E-state index contributed by atoms with van der Waals surface area (Å²) >= 11 is 4.98. The lowest BCUT2D eigenvalue weighted by atomic mass is 10.2. The number of carbonyl (C=O) groups excluding carboxylic acids is 2. The standard InChI is InChI=1S/C24H21BrN4O2S/c1-16-13-17(25)10-11-19(16)26-23(30)15-28(2)24(31)21-14-20(22-9-6-12-32-22)27-29(21)18-7-4-3-5-8-18/h3-14H,15H2,1-2H3,(H,26,30). The van der Waals surface area contributed by atoms with Crippen LogP contribution < -0.4 is 5.32 Å². The second-order valence-electron chi connectivity index (χ2n) is 7.31. The van der Waals surface area contributed by atoms with Crippen molar-refractivity contribution in [2.45, 2.75) is 6.92 Å². The number of amides is 2. The van der Waals surface area contributed by atoms with Crippen LogP contribution in [0.4, 0.5) is 5.69 Å². The Morgan fingerprint density at radius 1 is 1.09 bits per heavy atom. The molecule has 0 aliphatic carbocycles. The average molecular weight is 509 g/mol. The van der Waals surface area contributed by atoms with Gasteiger partial charge in [-0.25, -0.2) is 4.68 Å². The lowest BCUT2D eigenvalue weighted by Crippen LogP contribution is -2.36. The number of aromatic nitrogens is 2. The summed E-state index contributed by atoms with van der Waals surface area (Å²) in [5, 5.41) is 9.51. The Hall–Kier alpha value is -3.23. The molecule has 1 N–H and O–H groups in total. The van der Waals surface area contributed by atoms with Crippen molar-refractivity contribution in [3.8, 4) is 16.3 Å². The summed E-state index contributed by atoms with van der Waals surface area (Å²) in [6, 6.07) is 20.8. The summed E-state index contributed by atoms with van der Waals surface area (Å²) in [5.74, 6) is -0.553. The number of para-hydroxylation sites is 1. The van der Waals surface area contributed by atoms with E-state index in [0.717, 1.165) is 26.3 Å². The number of benzene rings is 2. The summed E-state index contributed by atoms with van der Waals surface area (Å²) in [7, 11) is 1.61. The molecular formula is C24H21BrN4O2S. The van der Waals surface area contributed by atoms with Crippen LogP contribution in [0, 0.1) is 6.92 Å². The Balaban J connectivity index is 1.57. The minimum absolute atomic E-state index is 0.0807. The molecule has 0 saturated heterocycles. The molecule has 2 amide bonds. The van der Waals surface area contributed by atoms with Crippen LogP contribution in [0.3, 0.4) is 0 Å². The highest BCUT2D eigenvalue weighted by Crippen LogP contribution is 2.26. The van der Waals surface area contributed by atoms with Gasteiger partial charge in [0.1, 0.15) is 11.4 Å². The molecule has 6 nitrogen and oxygen atoms in total. The molecule has 0 aliphatic heterocycles. The van der Waals surface area contributed by atoms with E-state index in [1.54, 1.807) is 29.1 Å². The summed E-state index contributed by atoms with van der Waals surface area (Å²) in [6.07, 6.45) is 0. The Morgan fingerprint density at radius 2 is 1.88 bits per heavy atom. The van der Waals surface area contributed by atoms with Crippen LogP contribution in [-0.2, 0) is 4.79 Å². The Bertz CT molecular complexity index is 1250. The number of nitrogens with one attached hydrogen (secondary N) is 1. The van der Waals surface area contributed by atoms with Crippen molar-refractivity contribution in [3.05, 3.63) is 87.8 Å². The van der Waals surface area contributed by atoms with E-state index in [4.69, 9.17) is 0 Å². The summed E-state index contributed by atoms with van der Waals surface area (Å²) in [5.41, 5.74) is 3.55. The van der Waals surface area contributed by atoms with Crippen molar-refractivity contribution >= 4 is 44.8 Å². The molecule has 2 aromatic heterocycles. The highest BCUT2D eigenvalue weighted by atomic mass is 79.9. The van der Waals surface area contributed by atoms with E-state index in [-0.39, 0.29) is 18.4 Å². The third kappa shape index (κ3) is 4.81. The van der Waals surface area contributed by atoms with Gasteiger partial charge in [-0.1, -0.05) is 40.2 Å². The number of anilines is 1. The van der Waals surface area contributed by atoms with E-state index < -0.39 is 0 Å². The van der Waals surface area contributed by atoms with Crippen molar-refractivity contribution in [3.63, 3.8) is 0 Å². The number of hydrogen-bond donors (Lipinski definition) is 1. The fourth-order valence-electron chi connectivity index (χ4n) is 3.28. The Labute approximate surface area is 198 Å². The molecule has 0 fully saturated rings. The van der Waals surface area contributed by atoms with Crippen molar-refractivity contribution in [1.29, 1.82) is 0 Å². The minimum Gasteiger partial charge on any atom is -0.331 e. The smallest absolute Gasteiger partial charge is 0.272 e. The number of hydrogen-bond acceptors (Lipinski definition) is 4. The number of carbonyl (C=O) groups is 2. The first-order valence-corrected chi connectivity index (χ1v) is 11.6. The third-order valence-electron chi connectivity index (χ3n) is 4.89. The zero-order valence-electron chi connectivity index (χ0n) is 17.6. The lowest BCUT2D eigenvalue weighted by Gasteiger charge is -2.18. The quantitative estimate of drug-likeness (QED) is 0.380. The first-order valence-electron chi connectivity index (χ1n) is 9.93. The maximum absolute atomic E-state index is 13.3. The number of rotatable bonds is 6. The van der Waals surface area contributed by atoms with E-state index >= 15 is 0 Å². The molecule has 0 atom stereocenters. The molecule has 0 aliphatic rings. The van der Waals surface area contributed by atoms with Crippen molar-refractivity contribution in [2.24, 2.45) is 0 Å². The van der Waals surface area contributed by atoms with Gasteiger partial charge in [0.15, 0.2) is 0 Å². The fourth-order valence-corrected chi connectivity index (χ4v) is 4.44. The topological polar surface area (TPSA) is 67.2 Å². The van der Waals surface area contributed by atoms with E-state index in [1.807, 2.05) is 73.0 Å². The molecular weight excluding hydrogens is 488 g/mol. The van der Waals surface area contributed by atoms with Crippen LogP contribution in [0.25, 0.3) is 16.3 Å². The summed E-state index contributed by atoms with van der Waals surface area (Å²) < 4.78 is 2.57. The third-order valence-corrected chi connectivity index (χ3v) is 6.28. The molecule has 162 valence electrons. The van der Waals surface area contributed by atoms with E-state index in [1.165, 1.54) is 4.90 Å². The summed E-state index contributed by atoms with van der Waals surface area (Å²) in [4.78, 5) is 28.3. The highest BCUT2D eigenvalue weighted by Gasteiger charge is 2.22. The van der Waals surface area contributed by atoms with E-state index in [9.17, 15) is 9.59 Å². The van der Waals surface area contributed by atoms with Crippen LogP contribution in [0.2, 0.25) is 0 Å². The monoisotopic (exact) mass is 508 g/mol. The average Bonchev–Trinajstić information content (AvgIpc) is 3.46. The highest BCUT2D eigenvalue weighted by molar-refractivity contribution is 9.10. The molecule has 0 radical (unpaired) electrons. The molecule has 0 bridgehead atoms. The maximum atomic E-state index is 13.3. The number of halogens is 1. The Morgan fingerprint density at radius 3 is 2.56 bits per heavy atom. The molecule has 0 saturated carbocycles. The number of thiophene rings is 1. The number of aryl methyl sites for hydroxylation is 1. The van der Waals surface area contributed by atoms with E-state index in [2.05, 4.69) is 26.3 Å². The molecule has 0 unspecified atom stereocenters. The molecule has 4 aromatic rings. The van der Waals surface area contributed by atoms with Gasteiger partial charge in [-0.2, -0.15) is 5.10 Å². The maximum Gasteiger partial charge on any atom is 0.272 e. The van der Waals surface area contributed by atoms with Gasteiger partial charge >= 0.3 is 0 Å². The van der Waals surface area contributed by atoms with Gasteiger partial charge in [-0.3, -0.25) is 9.59 Å². The molecule has 32 heavy (non-hydrogen) atoms. The number of nitrogens with zero attached hydrogens (tertiary/aromatic N) is 3. The van der Waals surface area contributed by atoms with Gasteiger partial charge in [0.05, 0.1) is 17.1 Å². The van der Waals surface area contributed by atoms with Gasteiger partial charge in [0.2, 0.25) is 5.91 Å². The minimum atomic E-state index is -0.285. The number of likely N-dealkylation sites (N-methyl/N-ethyl adjacent to an activating group) is 1. The lowest BCUT2D eigenvalue weighted by molar-refractivity contribution is -0.116. The first kappa shape index (κ1) is 22.0. The van der Waals surface area contributed by atoms with Crippen molar-refractivity contribution in [2.75, 3.05) is 18.9 Å². The van der Waals surface area contributed by atoms with E-state index in [0.29, 0.717) is 11.4 Å².